The molecule has 0 fully saturated rings. The van der Waals surface area contributed by atoms with Crippen LogP contribution in [0.15, 0.2) is 0 Å². The third kappa shape index (κ3) is 16.3. The summed E-state index contributed by atoms with van der Waals surface area (Å²) >= 11 is 0. The fourth-order valence-electron chi connectivity index (χ4n) is 2.82. The second kappa shape index (κ2) is 14.2. The molecule has 0 aromatic heterocycles. The highest BCUT2D eigenvalue weighted by molar-refractivity contribution is 7.33. The normalized spacial score (nSPS) is 17.0. The van der Waals surface area contributed by atoms with Crippen LogP contribution in [0.5, 0.6) is 0 Å². The molecule has 11 nitrogen and oxygen atoms in total. The molecule has 12 heteroatoms. The first-order valence-corrected chi connectivity index (χ1v) is 12.7. The van der Waals surface area contributed by atoms with Gasteiger partial charge in [0, 0.05) is 0 Å². The lowest BCUT2D eigenvalue weighted by Crippen LogP contribution is -2.47. The van der Waals surface area contributed by atoms with Crippen LogP contribution in [-0.2, 0) is 23.1 Å². The monoisotopic (exact) mass is 512 g/mol. The number of alkyl carbamates (subject to hydrolysis) is 2. The van der Waals surface area contributed by atoms with Gasteiger partial charge >= 0.3 is 20.4 Å². The summed E-state index contributed by atoms with van der Waals surface area (Å²) in [6.07, 6.45) is -4.30. The summed E-state index contributed by atoms with van der Waals surface area (Å²) in [6.45, 7) is 17.7. The van der Waals surface area contributed by atoms with Gasteiger partial charge in [-0.25, -0.2) is 9.59 Å². The predicted octanol–water partition coefficient (Wildman–Crippen LogP) is 3.92. The van der Waals surface area contributed by atoms with Crippen molar-refractivity contribution in [3.05, 3.63) is 0 Å². The second-order valence-corrected chi connectivity index (χ2v) is 12.0. The van der Waals surface area contributed by atoms with E-state index >= 15 is 0 Å². The van der Waals surface area contributed by atoms with E-state index in [-0.39, 0.29) is 11.8 Å². The van der Waals surface area contributed by atoms with E-state index in [1.807, 2.05) is 27.7 Å². The molecule has 0 saturated heterocycles. The molecular weight excluding hydrogens is 467 g/mol. The fraction of sp³-hybridized carbons (Fsp3) is 0.909. The predicted molar refractivity (Wildman–Crippen MR) is 128 cm³/mol. The highest BCUT2D eigenvalue weighted by atomic mass is 31.1. The zero-order valence-corrected chi connectivity index (χ0v) is 23.1. The number of hydrogen-bond acceptors (Lipinski definition) is 9. The molecule has 0 bridgehead atoms. The number of aliphatic hydroxyl groups is 2. The number of aliphatic hydroxyl groups excluding tert-OH is 2. The van der Waals surface area contributed by atoms with Crippen molar-refractivity contribution in [2.45, 2.75) is 118 Å². The molecule has 202 valence electrons. The molecular formula is C22H45N2O9P. The molecule has 34 heavy (non-hydrogen) atoms. The number of hydrogen-bond donors (Lipinski definition) is 4. The van der Waals surface area contributed by atoms with Gasteiger partial charge in [0.2, 0.25) is 0 Å². The lowest BCUT2D eigenvalue weighted by molar-refractivity contribution is -0.0881. The van der Waals surface area contributed by atoms with Crippen LogP contribution in [0.4, 0.5) is 9.59 Å². The Hall–Kier alpha value is -1.39. The molecule has 0 aromatic carbocycles. The van der Waals surface area contributed by atoms with Gasteiger partial charge in [-0.15, -0.1) is 0 Å². The van der Waals surface area contributed by atoms with Gasteiger partial charge in [-0.05, 0) is 66.2 Å². The van der Waals surface area contributed by atoms with E-state index in [1.165, 1.54) is 0 Å². The third-order valence-electron chi connectivity index (χ3n) is 3.98. The highest BCUT2D eigenvalue weighted by Gasteiger charge is 2.31. The minimum atomic E-state index is -3.42. The molecule has 4 N–H and O–H groups in total. The quantitative estimate of drug-likeness (QED) is 0.225. The molecule has 0 heterocycles. The average Bonchev–Trinajstić information content (AvgIpc) is 2.56. The summed E-state index contributed by atoms with van der Waals surface area (Å²) in [5.74, 6) is 0.112. The Bertz CT molecular complexity index is 606. The van der Waals surface area contributed by atoms with Crippen molar-refractivity contribution in [1.29, 1.82) is 0 Å². The van der Waals surface area contributed by atoms with Crippen LogP contribution in [-0.4, -0.2) is 58.3 Å². The van der Waals surface area contributed by atoms with E-state index in [0.717, 1.165) is 0 Å². The Balaban J connectivity index is 5.14. The first-order chi connectivity index (χ1) is 15.3. The molecule has 2 unspecified atom stereocenters. The number of rotatable bonds is 12. The van der Waals surface area contributed by atoms with Gasteiger partial charge in [0.1, 0.15) is 11.2 Å². The first-order valence-electron chi connectivity index (χ1n) is 11.5. The van der Waals surface area contributed by atoms with Crippen molar-refractivity contribution in [2.75, 3.05) is 0 Å². The minimum absolute atomic E-state index is 0.0560. The van der Waals surface area contributed by atoms with Crippen LogP contribution in [0.1, 0.15) is 82.1 Å². The van der Waals surface area contributed by atoms with E-state index < -0.39 is 56.3 Å². The number of nitrogens with one attached hydrogen (secondary N) is 2. The van der Waals surface area contributed by atoms with Crippen LogP contribution in [0.3, 0.4) is 0 Å². The Morgan fingerprint density at radius 2 is 1.03 bits per heavy atom. The van der Waals surface area contributed by atoms with Gasteiger partial charge in [-0.3, -0.25) is 13.6 Å². The molecule has 0 radical (unpaired) electrons. The van der Waals surface area contributed by atoms with Gasteiger partial charge in [0.05, 0.1) is 12.1 Å². The van der Waals surface area contributed by atoms with Crippen LogP contribution >= 0.6 is 8.25 Å². The van der Waals surface area contributed by atoms with Crippen molar-refractivity contribution in [1.82, 2.24) is 10.6 Å². The topological polar surface area (TPSA) is 153 Å². The average molecular weight is 513 g/mol. The Kier molecular flexibility index (Phi) is 13.7. The molecule has 2 amide bonds. The summed E-state index contributed by atoms with van der Waals surface area (Å²) in [7, 11) is -3.42. The van der Waals surface area contributed by atoms with E-state index in [2.05, 4.69) is 10.6 Å². The number of carbonyl (C=O) groups excluding carboxylic acids is 2. The van der Waals surface area contributed by atoms with Crippen LogP contribution in [0.2, 0.25) is 0 Å². The molecule has 0 spiro atoms. The molecule has 4 atom stereocenters. The largest absolute Gasteiger partial charge is 0.444 e. The molecule has 0 rings (SSSR count). The lowest BCUT2D eigenvalue weighted by atomic mass is 10.0. The number of amides is 2. The zero-order chi connectivity index (χ0) is 26.9. The van der Waals surface area contributed by atoms with Gasteiger partial charge < -0.3 is 30.3 Å². The standard InChI is InChI=1S/C22H45N2O9P/c1-13(2)11-15(23-19(27)30-21(5,6)7)17(25)32-34(29)33-18(26)16(12-14(3)4)24-20(28)31-22(8,9)10/h13-18,25-26,34H,11-12H2,1-10H3,(H,23,27)(H,24,28)/t15-,16-,17?,18?/m0/s1. The Morgan fingerprint density at radius 3 is 1.26 bits per heavy atom. The summed E-state index contributed by atoms with van der Waals surface area (Å²) in [5, 5.41) is 25.9. The minimum Gasteiger partial charge on any atom is -0.444 e. The van der Waals surface area contributed by atoms with Crippen molar-refractivity contribution < 1.29 is 42.9 Å². The summed E-state index contributed by atoms with van der Waals surface area (Å²) in [4.78, 5) is 24.2. The van der Waals surface area contributed by atoms with E-state index in [4.69, 9.17) is 18.5 Å². The Morgan fingerprint density at radius 1 is 0.735 bits per heavy atom. The lowest BCUT2D eigenvalue weighted by Gasteiger charge is -2.29. The van der Waals surface area contributed by atoms with Crippen molar-refractivity contribution >= 4 is 20.4 Å². The molecule has 0 aromatic rings. The molecule has 0 aliphatic carbocycles. The molecule has 0 aliphatic heterocycles. The maximum Gasteiger partial charge on any atom is 0.408 e. The van der Waals surface area contributed by atoms with Crippen LogP contribution < -0.4 is 10.6 Å². The molecule has 0 saturated carbocycles. The molecule has 0 aliphatic rings. The van der Waals surface area contributed by atoms with Gasteiger partial charge in [-0.2, -0.15) is 0 Å². The number of carbonyl (C=O) groups is 2. The van der Waals surface area contributed by atoms with Crippen molar-refractivity contribution in [3.8, 4) is 0 Å². The van der Waals surface area contributed by atoms with Crippen LogP contribution in [0, 0.1) is 11.8 Å². The first kappa shape index (κ1) is 32.6. The maximum absolute atomic E-state index is 12.4. The van der Waals surface area contributed by atoms with Gasteiger partial charge in [0.25, 0.3) is 0 Å². The van der Waals surface area contributed by atoms with Crippen molar-refractivity contribution in [3.63, 3.8) is 0 Å². The Labute approximate surface area is 204 Å². The smallest absolute Gasteiger partial charge is 0.408 e. The summed E-state index contributed by atoms with van der Waals surface area (Å²) in [6, 6.07) is -1.87. The summed E-state index contributed by atoms with van der Waals surface area (Å²) in [5.41, 5.74) is -1.49. The van der Waals surface area contributed by atoms with E-state index in [9.17, 15) is 24.4 Å². The van der Waals surface area contributed by atoms with Crippen LogP contribution in [0.25, 0.3) is 0 Å². The maximum atomic E-state index is 12.4. The SMILES string of the molecule is CC(C)C[C@H](NC(=O)OC(C)(C)C)C(O)O[PH](=O)OC(O)[C@H](CC(C)C)NC(=O)OC(C)(C)C. The van der Waals surface area contributed by atoms with Gasteiger partial charge in [-0.1, -0.05) is 27.7 Å². The van der Waals surface area contributed by atoms with E-state index in [0.29, 0.717) is 12.8 Å². The summed E-state index contributed by atoms with van der Waals surface area (Å²) < 4.78 is 32.9. The third-order valence-corrected chi connectivity index (χ3v) is 4.85. The highest BCUT2D eigenvalue weighted by Crippen LogP contribution is 2.30. The fourth-order valence-corrected chi connectivity index (χ4v) is 3.59. The van der Waals surface area contributed by atoms with Gasteiger partial charge in [0.15, 0.2) is 12.6 Å². The number of ether oxygens (including phenoxy) is 2. The second-order valence-electron chi connectivity index (χ2n) is 11.0. The van der Waals surface area contributed by atoms with Crippen molar-refractivity contribution in [2.24, 2.45) is 11.8 Å². The van der Waals surface area contributed by atoms with E-state index in [1.54, 1.807) is 41.5 Å². The zero-order valence-electron chi connectivity index (χ0n) is 22.1.